The molecular formula is C17H17Br2NO3. The van der Waals surface area contributed by atoms with Gasteiger partial charge in [-0.1, -0.05) is 24.3 Å². The van der Waals surface area contributed by atoms with Crippen LogP contribution in [0, 0.1) is 0 Å². The number of benzene rings is 2. The highest BCUT2D eigenvalue weighted by Crippen LogP contribution is 2.34. The Kier molecular flexibility index (Phi) is 6.62. The Labute approximate surface area is 152 Å². The molecule has 4 nitrogen and oxygen atoms in total. The Morgan fingerprint density at radius 3 is 2.17 bits per heavy atom. The molecule has 0 saturated carbocycles. The lowest BCUT2D eigenvalue weighted by molar-refractivity contribution is -0.686. The highest BCUT2D eigenvalue weighted by Gasteiger charge is 2.09. The zero-order valence-electron chi connectivity index (χ0n) is 12.6. The lowest BCUT2D eigenvalue weighted by Crippen LogP contribution is -2.80. The largest absolute Gasteiger partial charge is 0.545 e. The van der Waals surface area contributed by atoms with Crippen molar-refractivity contribution >= 4 is 37.8 Å². The summed E-state index contributed by atoms with van der Waals surface area (Å²) >= 11 is 7.05. The Bertz CT molecular complexity index is 664. The van der Waals surface area contributed by atoms with E-state index in [2.05, 4.69) is 37.2 Å². The summed E-state index contributed by atoms with van der Waals surface area (Å²) in [7, 11) is 0. The third-order valence-electron chi connectivity index (χ3n) is 3.30. The van der Waals surface area contributed by atoms with E-state index in [-0.39, 0.29) is 5.56 Å². The van der Waals surface area contributed by atoms with Crippen LogP contribution in [0.3, 0.4) is 0 Å². The van der Waals surface area contributed by atoms with E-state index in [9.17, 15) is 9.90 Å². The summed E-state index contributed by atoms with van der Waals surface area (Å²) in [6.07, 6.45) is 0. The van der Waals surface area contributed by atoms with Gasteiger partial charge in [0.25, 0.3) is 0 Å². The van der Waals surface area contributed by atoms with Crippen molar-refractivity contribution in [2.75, 3.05) is 6.61 Å². The summed E-state index contributed by atoms with van der Waals surface area (Å²) in [6.45, 7) is 4.15. The quantitative estimate of drug-likeness (QED) is 0.714. The van der Waals surface area contributed by atoms with Crippen molar-refractivity contribution in [2.45, 2.75) is 20.0 Å². The molecule has 0 aliphatic rings. The molecule has 0 saturated heterocycles. The molecule has 0 amide bonds. The Balaban J connectivity index is 1.94. The van der Waals surface area contributed by atoms with Gasteiger partial charge in [-0.3, -0.25) is 0 Å². The van der Waals surface area contributed by atoms with Crippen LogP contribution in [0.4, 0.5) is 0 Å². The third kappa shape index (κ3) is 5.06. The average molecular weight is 443 g/mol. The normalized spacial score (nSPS) is 10.6. The van der Waals surface area contributed by atoms with Gasteiger partial charge in [-0.25, -0.2) is 0 Å². The van der Waals surface area contributed by atoms with Gasteiger partial charge in [0.05, 0.1) is 21.5 Å². The van der Waals surface area contributed by atoms with Gasteiger partial charge in [0, 0.05) is 11.1 Å². The fourth-order valence-electron chi connectivity index (χ4n) is 2.19. The van der Waals surface area contributed by atoms with E-state index < -0.39 is 5.97 Å². The number of hydrogen-bond acceptors (Lipinski definition) is 3. The first-order valence-corrected chi connectivity index (χ1v) is 8.82. The zero-order chi connectivity index (χ0) is 16.8. The van der Waals surface area contributed by atoms with Crippen molar-refractivity contribution in [1.82, 2.24) is 0 Å². The van der Waals surface area contributed by atoms with E-state index in [4.69, 9.17) is 4.74 Å². The molecular weight excluding hydrogens is 426 g/mol. The SMILES string of the molecule is CCOc1c(Br)cc(C[NH2+]Cc2ccc(C(=O)[O-])cc2)cc1Br. The number of nitrogens with two attached hydrogens (primary N) is 1. The standard InChI is InChI=1S/C17H17Br2NO3/c1-2-23-16-14(18)7-12(8-15(16)19)10-20-9-11-3-5-13(6-4-11)17(21)22/h3-8,20H,2,9-10H2,1H3,(H,21,22). The number of halogens is 2. The van der Waals surface area contributed by atoms with E-state index in [1.54, 1.807) is 12.1 Å². The Hall–Kier alpha value is -1.37. The number of carboxylic acid groups (broad SMARTS) is 1. The van der Waals surface area contributed by atoms with Crippen molar-refractivity contribution in [2.24, 2.45) is 0 Å². The lowest BCUT2D eigenvalue weighted by atomic mass is 10.1. The predicted octanol–water partition coefficient (Wildman–Crippen LogP) is 2.24. The van der Waals surface area contributed by atoms with Crippen LogP contribution in [0.5, 0.6) is 5.75 Å². The van der Waals surface area contributed by atoms with Gasteiger partial charge in [-0.15, -0.1) is 0 Å². The first-order chi connectivity index (χ1) is 11.0. The topological polar surface area (TPSA) is 66.0 Å². The molecule has 122 valence electrons. The summed E-state index contributed by atoms with van der Waals surface area (Å²) < 4.78 is 7.42. The molecule has 2 aromatic rings. The number of ether oxygens (including phenoxy) is 1. The predicted molar refractivity (Wildman–Crippen MR) is 93.1 cm³/mol. The van der Waals surface area contributed by atoms with Crippen LogP contribution in [0.15, 0.2) is 45.3 Å². The molecule has 2 rings (SSSR count). The van der Waals surface area contributed by atoms with Crippen molar-refractivity contribution < 1.29 is 20.0 Å². The number of hydrogen-bond donors (Lipinski definition) is 1. The second-order valence-electron chi connectivity index (χ2n) is 5.00. The Morgan fingerprint density at radius 2 is 1.65 bits per heavy atom. The summed E-state index contributed by atoms with van der Waals surface area (Å²) in [5.41, 5.74) is 2.44. The van der Waals surface area contributed by atoms with Crippen molar-refractivity contribution in [3.05, 3.63) is 62.0 Å². The molecule has 0 aromatic heterocycles. The van der Waals surface area contributed by atoms with Crippen molar-refractivity contribution in [3.8, 4) is 5.75 Å². The van der Waals surface area contributed by atoms with E-state index in [1.807, 2.05) is 31.2 Å². The van der Waals surface area contributed by atoms with Gasteiger partial charge in [0.2, 0.25) is 0 Å². The maximum Gasteiger partial charge on any atom is 0.147 e. The smallest absolute Gasteiger partial charge is 0.147 e. The van der Waals surface area contributed by atoms with Gasteiger partial charge >= 0.3 is 0 Å². The highest BCUT2D eigenvalue weighted by atomic mass is 79.9. The first kappa shape index (κ1) is 18.0. The molecule has 2 N–H and O–H groups in total. The van der Waals surface area contributed by atoms with Crippen molar-refractivity contribution in [1.29, 1.82) is 0 Å². The van der Waals surface area contributed by atoms with E-state index in [0.29, 0.717) is 6.61 Å². The maximum atomic E-state index is 10.7. The lowest BCUT2D eigenvalue weighted by Gasteiger charge is -2.10. The molecule has 0 heterocycles. The highest BCUT2D eigenvalue weighted by molar-refractivity contribution is 9.11. The van der Waals surface area contributed by atoms with Crippen LogP contribution < -0.4 is 15.2 Å². The van der Waals surface area contributed by atoms with Crippen LogP contribution in [0.1, 0.15) is 28.4 Å². The minimum absolute atomic E-state index is 0.202. The number of aromatic carboxylic acids is 1. The monoisotopic (exact) mass is 441 g/mol. The molecule has 23 heavy (non-hydrogen) atoms. The number of carbonyl (C=O) groups excluding carboxylic acids is 1. The molecule has 0 radical (unpaired) electrons. The van der Waals surface area contributed by atoms with Gasteiger partial charge in [0.15, 0.2) is 0 Å². The van der Waals surface area contributed by atoms with Gasteiger partial charge in [-0.2, -0.15) is 0 Å². The summed E-state index contributed by atoms with van der Waals surface area (Å²) in [4.78, 5) is 10.7. The maximum absolute atomic E-state index is 10.7. The number of quaternary nitrogens is 1. The van der Waals surface area contributed by atoms with Crippen LogP contribution in [0.2, 0.25) is 0 Å². The van der Waals surface area contributed by atoms with Gasteiger partial charge in [-0.05, 0) is 56.5 Å². The van der Waals surface area contributed by atoms with Gasteiger partial charge in [0.1, 0.15) is 18.8 Å². The second-order valence-corrected chi connectivity index (χ2v) is 6.71. The van der Waals surface area contributed by atoms with Crippen LogP contribution in [-0.2, 0) is 13.1 Å². The molecule has 0 aliphatic carbocycles. The molecule has 0 fully saturated rings. The van der Waals surface area contributed by atoms with E-state index >= 15 is 0 Å². The van der Waals surface area contributed by atoms with Gasteiger partial charge < -0.3 is 20.0 Å². The molecule has 0 atom stereocenters. The molecule has 0 unspecified atom stereocenters. The summed E-state index contributed by atoms with van der Waals surface area (Å²) in [5, 5.41) is 12.9. The zero-order valence-corrected chi connectivity index (χ0v) is 15.8. The minimum Gasteiger partial charge on any atom is -0.545 e. The van der Waals surface area contributed by atoms with Crippen LogP contribution in [0.25, 0.3) is 0 Å². The summed E-state index contributed by atoms with van der Waals surface area (Å²) in [6, 6.07) is 10.9. The molecule has 0 bridgehead atoms. The second kappa shape index (κ2) is 8.47. The minimum atomic E-state index is -1.15. The van der Waals surface area contributed by atoms with E-state index in [1.165, 1.54) is 5.56 Å². The number of carboxylic acids is 1. The van der Waals surface area contributed by atoms with Crippen LogP contribution in [-0.4, -0.2) is 12.6 Å². The van der Waals surface area contributed by atoms with Crippen LogP contribution >= 0.6 is 31.9 Å². The third-order valence-corrected chi connectivity index (χ3v) is 4.47. The number of rotatable bonds is 7. The fraction of sp³-hybridized carbons (Fsp3) is 0.235. The average Bonchev–Trinajstić information content (AvgIpc) is 2.51. The van der Waals surface area contributed by atoms with E-state index in [0.717, 1.165) is 33.3 Å². The number of carbonyl (C=O) groups is 1. The first-order valence-electron chi connectivity index (χ1n) is 7.24. The molecule has 0 aliphatic heterocycles. The molecule has 6 heteroatoms. The molecule has 2 aromatic carbocycles. The molecule has 0 spiro atoms. The Morgan fingerprint density at radius 1 is 1.09 bits per heavy atom. The fourth-order valence-corrected chi connectivity index (χ4v) is 3.71. The summed E-state index contributed by atoms with van der Waals surface area (Å²) in [5.74, 6) is -0.335. The van der Waals surface area contributed by atoms with Crippen molar-refractivity contribution in [3.63, 3.8) is 0 Å².